The number of carbonyl (C=O) groups is 2. The maximum Gasteiger partial charge on any atom is 0.252 e. The SMILES string of the molecule is CC(=O)SCC1CC(=O)N(c2ncc(Br)nn2)C1. The standard InChI is InChI=1S/C10H11BrN4O2S/c1-6(16)18-5-7-2-9(17)15(4-7)10-12-3-8(11)13-14-10/h3,7H,2,4-5H2,1H3. The molecule has 1 fully saturated rings. The van der Waals surface area contributed by atoms with Gasteiger partial charge in [0.05, 0.1) is 6.20 Å². The largest absolute Gasteiger partial charge is 0.288 e. The van der Waals surface area contributed by atoms with E-state index < -0.39 is 0 Å². The molecule has 1 aliphatic heterocycles. The van der Waals surface area contributed by atoms with Crippen LogP contribution in [0.2, 0.25) is 0 Å². The van der Waals surface area contributed by atoms with Gasteiger partial charge < -0.3 is 0 Å². The van der Waals surface area contributed by atoms with E-state index in [0.717, 1.165) is 0 Å². The van der Waals surface area contributed by atoms with E-state index in [1.54, 1.807) is 0 Å². The van der Waals surface area contributed by atoms with Crippen LogP contribution >= 0.6 is 27.7 Å². The lowest BCUT2D eigenvalue weighted by molar-refractivity contribution is -0.117. The van der Waals surface area contributed by atoms with Crippen molar-refractivity contribution in [3.05, 3.63) is 10.8 Å². The van der Waals surface area contributed by atoms with Crippen molar-refractivity contribution in [2.45, 2.75) is 13.3 Å². The summed E-state index contributed by atoms with van der Waals surface area (Å²) in [5.74, 6) is 1.12. The number of carbonyl (C=O) groups excluding carboxylic acids is 2. The Bertz CT molecular complexity index is 467. The number of aromatic nitrogens is 3. The van der Waals surface area contributed by atoms with E-state index in [0.29, 0.717) is 29.3 Å². The highest BCUT2D eigenvalue weighted by molar-refractivity contribution is 9.10. The molecule has 1 amide bonds. The second-order valence-corrected chi connectivity index (χ2v) is 5.97. The molecule has 2 rings (SSSR count). The minimum Gasteiger partial charge on any atom is -0.288 e. The lowest BCUT2D eigenvalue weighted by Gasteiger charge is -2.13. The predicted octanol–water partition coefficient (Wildman–Crippen LogP) is 1.27. The molecule has 6 nitrogen and oxygen atoms in total. The van der Waals surface area contributed by atoms with E-state index in [4.69, 9.17) is 0 Å². The molecule has 1 unspecified atom stereocenters. The van der Waals surface area contributed by atoms with Crippen LogP contribution in [-0.4, -0.2) is 38.5 Å². The summed E-state index contributed by atoms with van der Waals surface area (Å²) < 4.78 is 0.529. The van der Waals surface area contributed by atoms with Gasteiger partial charge in [0, 0.05) is 25.6 Å². The minimum absolute atomic E-state index is 0.0201. The van der Waals surface area contributed by atoms with Crippen molar-refractivity contribution >= 4 is 44.7 Å². The fourth-order valence-corrected chi connectivity index (χ4v) is 2.58. The molecule has 0 saturated carbocycles. The molecule has 1 atom stereocenters. The highest BCUT2D eigenvalue weighted by Gasteiger charge is 2.32. The minimum atomic E-state index is -0.0201. The fourth-order valence-electron chi connectivity index (χ4n) is 1.70. The third-order valence-corrected chi connectivity index (χ3v) is 3.90. The van der Waals surface area contributed by atoms with Gasteiger partial charge in [0.2, 0.25) is 5.91 Å². The van der Waals surface area contributed by atoms with Gasteiger partial charge in [-0.25, -0.2) is 4.98 Å². The van der Waals surface area contributed by atoms with Crippen LogP contribution in [0.5, 0.6) is 0 Å². The Hall–Kier alpha value is -1.02. The van der Waals surface area contributed by atoms with Crippen LogP contribution in [0.3, 0.4) is 0 Å². The summed E-state index contributed by atoms with van der Waals surface area (Å²) in [6.45, 7) is 2.07. The Morgan fingerprint density at radius 3 is 3.00 bits per heavy atom. The van der Waals surface area contributed by atoms with Gasteiger partial charge in [-0.15, -0.1) is 10.2 Å². The zero-order valence-corrected chi connectivity index (χ0v) is 12.1. The molecular weight excluding hydrogens is 320 g/mol. The third kappa shape index (κ3) is 3.26. The molecule has 1 saturated heterocycles. The summed E-state index contributed by atoms with van der Waals surface area (Å²) >= 11 is 4.39. The number of nitrogens with zero attached hydrogens (tertiary/aromatic N) is 4. The Morgan fingerprint density at radius 1 is 1.61 bits per heavy atom. The van der Waals surface area contributed by atoms with E-state index in [9.17, 15) is 9.59 Å². The van der Waals surface area contributed by atoms with Crippen LogP contribution in [-0.2, 0) is 9.59 Å². The maximum absolute atomic E-state index is 11.8. The second-order valence-electron chi connectivity index (χ2n) is 3.96. The number of rotatable bonds is 3. The number of thioether (sulfide) groups is 1. The first-order valence-corrected chi connectivity index (χ1v) is 7.13. The van der Waals surface area contributed by atoms with Gasteiger partial charge in [0.1, 0.15) is 4.60 Å². The number of hydrogen-bond donors (Lipinski definition) is 0. The highest BCUT2D eigenvalue weighted by Crippen LogP contribution is 2.25. The lowest BCUT2D eigenvalue weighted by atomic mass is 10.1. The Morgan fingerprint density at radius 2 is 2.39 bits per heavy atom. The number of halogens is 1. The molecule has 0 aromatic carbocycles. The van der Waals surface area contributed by atoms with Gasteiger partial charge >= 0.3 is 0 Å². The van der Waals surface area contributed by atoms with Crippen LogP contribution < -0.4 is 4.90 Å². The second kappa shape index (κ2) is 5.75. The molecule has 1 aromatic rings. The molecule has 0 aliphatic carbocycles. The Kier molecular flexibility index (Phi) is 4.28. The summed E-state index contributed by atoms with van der Waals surface area (Å²) in [5, 5.41) is 7.74. The maximum atomic E-state index is 11.8. The van der Waals surface area contributed by atoms with Crippen molar-refractivity contribution in [3.8, 4) is 0 Å². The predicted molar refractivity (Wildman–Crippen MR) is 71.1 cm³/mol. The zero-order chi connectivity index (χ0) is 13.1. The smallest absolute Gasteiger partial charge is 0.252 e. The van der Waals surface area contributed by atoms with Crippen molar-refractivity contribution in [2.24, 2.45) is 5.92 Å². The summed E-state index contributed by atoms with van der Waals surface area (Å²) in [6.07, 6.45) is 1.94. The normalized spacial score (nSPS) is 19.3. The molecular formula is C10H11BrN4O2S. The molecule has 0 radical (unpaired) electrons. The topological polar surface area (TPSA) is 76.1 Å². The molecule has 1 aliphatic rings. The first-order valence-electron chi connectivity index (χ1n) is 5.35. The lowest BCUT2D eigenvalue weighted by Crippen LogP contribution is -2.27. The summed E-state index contributed by atoms with van der Waals surface area (Å²) in [6, 6.07) is 0. The first kappa shape index (κ1) is 13.4. The monoisotopic (exact) mass is 330 g/mol. The van der Waals surface area contributed by atoms with Gasteiger partial charge in [0.15, 0.2) is 5.12 Å². The van der Waals surface area contributed by atoms with E-state index in [1.165, 1.54) is 29.8 Å². The number of amides is 1. The van der Waals surface area contributed by atoms with Gasteiger partial charge in [-0.2, -0.15) is 0 Å². The summed E-state index contributed by atoms with van der Waals surface area (Å²) in [4.78, 5) is 28.3. The van der Waals surface area contributed by atoms with Gasteiger partial charge in [0.25, 0.3) is 5.95 Å². The van der Waals surface area contributed by atoms with Crippen LogP contribution in [0.1, 0.15) is 13.3 Å². The highest BCUT2D eigenvalue weighted by atomic mass is 79.9. The Labute approximate surface area is 117 Å². The van der Waals surface area contributed by atoms with Gasteiger partial charge in [-0.05, 0) is 21.8 Å². The van der Waals surface area contributed by atoms with Crippen LogP contribution in [0.15, 0.2) is 10.8 Å². The molecule has 2 heterocycles. The molecule has 18 heavy (non-hydrogen) atoms. The molecule has 0 spiro atoms. The molecule has 0 bridgehead atoms. The van der Waals surface area contributed by atoms with Crippen LogP contribution in [0.25, 0.3) is 0 Å². The quantitative estimate of drug-likeness (QED) is 0.830. The van der Waals surface area contributed by atoms with Gasteiger partial charge in [-0.3, -0.25) is 14.5 Å². The van der Waals surface area contributed by atoms with Crippen molar-refractivity contribution in [3.63, 3.8) is 0 Å². The van der Waals surface area contributed by atoms with E-state index in [1.807, 2.05) is 0 Å². The van der Waals surface area contributed by atoms with Crippen LogP contribution in [0.4, 0.5) is 5.95 Å². The third-order valence-electron chi connectivity index (χ3n) is 2.49. The Balaban J connectivity index is 2.00. The summed E-state index contributed by atoms with van der Waals surface area (Å²) in [7, 11) is 0. The van der Waals surface area contributed by atoms with Gasteiger partial charge in [-0.1, -0.05) is 11.8 Å². The van der Waals surface area contributed by atoms with Crippen molar-refractivity contribution < 1.29 is 9.59 Å². The molecule has 96 valence electrons. The van der Waals surface area contributed by atoms with E-state index in [2.05, 4.69) is 31.1 Å². The van der Waals surface area contributed by atoms with Crippen molar-refractivity contribution in [1.82, 2.24) is 15.2 Å². The first-order chi connectivity index (χ1) is 8.56. The fraction of sp³-hybridized carbons (Fsp3) is 0.500. The van der Waals surface area contributed by atoms with E-state index >= 15 is 0 Å². The molecule has 1 aromatic heterocycles. The summed E-state index contributed by atoms with van der Waals surface area (Å²) in [5.41, 5.74) is 0. The average Bonchev–Trinajstić information content (AvgIpc) is 2.69. The van der Waals surface area contributed by atoms with Crippen molar-refractivity contribution in [1.29, 1.82) is 0 Å². The zero-order valence-electron chi connectivity index (χ0n) is 9.67. The molecule has 8 heteroatoms. The van der Waals surface area contributed by atoms with Crippen molar-refractivity contribution in [2.75, 3.05) is 17.2 Å². The van der Waals surface area contributed by atoms with E-state index in [-0.39, 0.29) is 16.9 Å². The molecule has 0 N–H and O–H groups in total. The number of hydrogen-bond acceptors (Lipinski definition) is 6. The van der Waals surface area contributed by atoms with Crippen LogP contribution in [0, 0.1) is 5.92 Å². The average molecular weight is 331 g/mol. The number of anilines is 1.